The topological polar surface area (TPSA) is 0 Å². The van der Waals surface area contributed by atoms with Crippen LogP contribution in [0.5, 0.6) is 0 Å². The minimum absolute atomic E-state index is 0.481. The van der Waals surface area contributed by atoms with E-state index in [1.54, 1.807) is 0 Å². The first-order valence-electron chi connectivity index (χ1n) is 4.89. The van der Waals surface area contributed by atoms with Gasteiger partial charge in [-0.1, -0.05) is 48.5 Å². The molecule has 0 unspecified atom stereocenters. The molecule has 12 heavy (non-hydrogen) atoms. The first kappa shape index (κ1) is 12.3. The lowest BCUT2D eigenvalue weighted by atomic mass is 10.3. The van der Waals surface area contributed by atoms with Gasteiger partial charge in [0.05, 0.1) is 0 Å². The molecule has 0 heterocycles. The summed E-state index contributed by atoms with van der Waals surface area (Å²) in [5.74, 6) is 0. The molecule has 0 spiro atoms. The van der Waals surface area contributed by atoms with Crippen LogP contribution in [0.15, 0.2) is 0 Å². The Morgan fingerprint density at radius 1 is 0.833 bits per heavy atom. The van der Waals surface area contributed by atoms with Gasteiger partial charge in [0.1, 0.15) is 0 Å². The maximum absolute atomic E-state index is 2.50. The quantitative estimate of drug-likeness (QED) is 0.616. The molecule has 0 aliphatic heterocycles. The van der Waals surface area contributed by atoms with E-state index in [1.165, 1.54) is 0 Å². The molecule has 1 heteroatoms. The van der Waals surface area contributed by atoms with E-state index in [-0.39, 0.29) is 0 Å². The number of hydrogen-bond donors (Lipinski definition) is 0. The Bertz CT molecular complexity index is 132. The van der Waals surface area contributed by atoms with Crippen LogP contribution in [-0.4, -0.2) is 21.5 Å². The van der Waals surface area contributed by atoms with Crippen molar-refractivity contribution in [2.24, 2.45) is 0 Å². The van der Waals surface area contributed by atoms with Gasteiger partial charge in [-0.3, -0.25) is 0 Å². The minimum atomic E-state index is -0.488. The van der Waals surface area contributed by atoms with Crippen LogP contribution in [0.2, 0.25) is 0 Å². The molecule has 0 saturated carbocycles. The molecule has 0 fully saturated rings. The van der Waals surface area contributed by atoms with Gasteiger partial charge in [0.25, 0.3) is 0 Å². The van der Waals surface area contributed by atoms with Crippen LogP contribution in [0.25, 0.3) is 0 Å². The lowest BCUT2D eigenvalue weighted by molar-refractivity contribution is 0.759. The third kappa shape index (κ3) is 1.99. The zero-order chi connectivity index (χ0) is 10.2. The maximum Gasteiger partial charge on any atom is -0.00803 e. The molecular formula is C11H26S. The molecule has 0 atom stereocenters. The van der Waals surface area contributed by atoms with Crippen LogP contribution in [0.3, 0.4) is 0 Å². The Hall–Kier alpha value is 0.350. The molecule has 0 saturated heterocycles. The summed E-state index contributed by atoms with van der Waals surface area (Å²) in [7, 11) is -0.488. The van der Waals surface area contributed by atoms with Gasteiger partial charge in [0.15, 0.2) is 0 Å². The van der Waals surface area contributed by atoms with Crippen LogP contribution in [0, 0.1) is 0 Å². The number of hydrogen-bond acceptors (Lipinski definition) is 0. The van der Waals surface area contributed by atoms with Crippen LogP contribution >= 0.6 is 10.0 Å². The van der Waals surface area contributed by atoms with Crippen molar-refractivity contribution in [1.29, 1.82) is 0 Å². The monoisotopic (exact) mass is 190 g/mol. The van der Waals surface area contributed by atoms with Crippen molar-refractivity contribution in [1.82, 2.24) is 0 Å². The van der Waals surface area contributed by atoms with Crippen molar-refractivity contribution in [3.05, 3.63) is 0 Å². The minimum Gasteiger partial charge on any atom is -0.234 e. The standard InChI is InChI=1S/C11H26S/c1-9(2)12(8,10(3)4)11(5,6)7/h9-10H,1-8H3. The van der Waals surface area contributed by atoms with Gasteiger partial charge in [-0.15, -0.1) is 0 Å². The molecule has 76 valence electrons. The van der Waals surface area contributed by atoms with E-state index in [1.807, 2.05) is 0 Å². The molecule has 0 bridgehead atoms. The first-order chi connectivity index (χ1) is 5.14. The van der Waals surface area contributed by atoms with Gasteiger partial charge in [0.2, 0.25) is 0 Å². The predicted octanol–water partition coefficient (Wildman–Crippen LogP) is 4.04. The van der Waals surface area contributed by atoms with E-state index in [9.17, 15) is 0 Å². The second kappa shape index (κ2) is 3.61. The molecule has 0 N–H and O–H groups in total. The smallest absolute Gasteiger partial charge is 0.00803 e. The molecule has 0 aromatic rings. The zero-order valence-corrected chi connectivity index (χ0v) is 10.9. The molecule has 0 rings (SSSR count). The fraction of sp³-hybridized carbons (Fsp3) is 1.00. The summed E-state index contributed by atoms with van der Waals surface area (Å²) >= 11 is 0. The highest BCUT2D eigenvalue weighted by atomic mass is 32.3. The van der Waals surface area contributed by atoms with Gasteiger partial charge in [-0.25, -0.2) is 10.0 Å². The Morgan fingerprint density at radius 2 is 1.08 bits per heavy atom. The van der Waals surface area contributed by atoms with E-state index in [0.29, 0.717) is 4.75 Å². The second-order valence-electron chi connectivity index (χ2n) is 5.26. The summed E-state index contributed by atoms with van der Waals surface area (Å²) in [6.45, 7) is 16.7. The van der Waals surface area contributed by atoms with Gasteiger partial charge < -0.3 is 0 Å². The maximum atomic E-state index is 2.50. The SMILES string of the molecule is CC(C)S(C)(C(C)C)C(C)(C)C. The highest BCUT2D eigenvalue weighted by Crippen LogP contribution is 2.62. The molecular weight excluding hydrogens is 164 g/mol. The summed E-state index contributed by atoms with van der Waals surface area (Å²) < 4.78 is 0.481. The van der Waals surface area contributed by atoms with Crippen molar-refractivity contribution in [3.8, 4) is 0 Å². The van der Waals surface area contributed by atoms with Gasteiger partial charge in [-0.05, 0) is 21.5 Å². The summed E-state index contributed by atoms with van der Waals surface area (Å²) in [6.07, 6.45) is 2.50. The molecule has 0 amide bonds. The lowest BCUT2D eigenvalue weighted by Gasteiger charge is -2.54. The van der Waals surface area contributed by atoms with Crippen LogP contribution < -0.4 is 0 Å². The van der Waals surface area contributed by atoms with E-state index < -0.39 is 10.0 Å². The predicted molar refractivity (Wildman–Crippen MR) is 63.5 cm³/mol. The fourth-order valence-electron chi connectivity index (χ4n) is 1.96. The first-order valence-corrected chi connectivity index (χ1v) is 7.06. The van der Waals surface area contributed by atoms with E-state index in [0.717, 1.165) is 10.5 Å². The fourth-order valence-corrected chi connectivity index (χ4v) is 5.88. The third-order valence-corrected chi connectivity index (χ3v) is 9.83. The summed E-state index contributed by atoms with van der Waals surface area (Å²) in [5.41, 5.74) is 0. The average Bonchev–Trinajstić information content (AvgIpc) is 1.82. The van der Waals surface area contributed by atoms with Crippen LogP contribution in [-0.2, 0) is 0 Å². The lowest BCUT2D eigenvalue weighted by Crippen LogP contribution is -2.35. The molecule has 0 aliphatic carbocycles. The largest absolute Gasteiger partial charge is 0.234 e. The molecule has 0 aromatic carbocycles. The Labute approximate surface area is 80.4 Å². The van der Waals surface area contributed by atoms with E-state index in [2.05, 4.69) is 54.7 Å². The Balaban J connectivity index is 4.89. The van der Waals surface area contributed by atoms with Gasteiger partial charge in [-0.2, -0.15) is 0 Å². The Kier molecular flexibility index (Phi) is 3.72. The van der Waals surface area contributed by atoms with Crippen molar-refractivity contribution < 1.29 is 0 Å². The van der Waals surface area contributed by atoms with Crippen LogP contribution in [0.4, 0.5) is 0 Å². The number of rotatable bonds is 2. The summed E-state index contributed by atoms with van der Waals surface area (Å²) in [5, 5.41) is 1.66. The van der Waals surface area contributed by atoms with Crippen LogP contribution in [0.1, 0.15) is 48.5 Å². The van der Waals surface area contributed by atoms with Crippen molar-refractivity contribution in [2.45, 2.75) is 63.7 Å². The van der Waals surface area contributed by atoms with Crippen molar-refractivity contribution >= 4 is 10.0 Å². The molecule has 0 aromatic heterocycles. The highest BCUT2D eigenvalue weighted by molar-refractivity contribution is 8.35. The average molecular weight is 190 g/mol. The van der Waals surface area contributed by atoms with Crippen molar-refractivity contribution in [3.63, 3.8) is 0 Å². The third-order valence-electron chi connectivity index (χ3n) is 3.28. The second-order valence-corrected chi connectivity index (χ2v) is 10.5. The summed E-state index contributed by atoms with van der Waals surface area (Å²) in [4.78, 5) is 0. The Morgan fingerprint density at radius 3 is 1.08 bits per heavy atom. The van der Waals surface area contributed by atoms with Gasteiger partial charge in [0, 0.05) is 0 Å². The van der Waals surface area contributed by atoms with E-state index in [4.69, 9.17) is 0 Å². The highest BCUT2D eigenvalue weighted by Gasteiger charge is 2.37. The zero-order valence-electron chi connectivity index (χ0n) is 10.1. The van der Waals surface area contributed by atoms with Crippen molar-refractivity contribution in [2.75, 3.05) is 6.26 Å². The normalized spacial score (nSPS) is 15.8. The summed E-state index contributed by atoms with van der Waals surface area (Å²) in [6, 6.07) is 0. The molecule has 0 radical (unpaired) electrons. The molecule has 0 nitrogen and oxygen atoms in total. The molecule has 0 aliphatic rings. The van der Waals surface area contributed by atoms with Gasteiger partial charge >= 0.3 is 0 Å². The van der Waals surface area contributed by atoms with E-state index >= 15 is 0 Å².